The van der Waals surface area contributed by atoms with Crippen LogP contribution in [0.2, 0.25) is 0 Å². The van der Waals surface area contributed by atoms with Gasteiger partial charge in [0.25, 0.3) is 0 Å². The highest BCUT2D eigenvalue weighted by molar-refractivity contribution is 5.80. The van der Waals surface area contributed by atoms with Crippen molar-refractivity contribution in [3.63, 3.8) is 0 Å². The highest BCUT2D eigenvalue weighted by Crippen LogP contribution is 2.28. The Morgan fingerprint density at radius 3 is 2.35 bits per heavy atom. The van der Waals surface area contributed by atoms with Gasteiger partial charge in [-0.25, -0.2) is 0 Å². The van der Waals surface area contributed by atoms with Crippen LogP contribution in [0.15, 0.2) is 24.3 Å². The van der Waals surface area contributed by atoms with Crippen LogP contribution in [0.1, 0.15) is 26.3 Å². The molecule has 0 aliphatic heterocycles. The molecule has 0 aliphatic carbocycles. The van der Waals surface area contributed by atoms with E-state index in [1.54, 1.807) is 19.0 Å². The van der Waals surface area contributed by atoms with Crippen molar-refractivity contribution in [3.05, 3.63) is 29.8 Å². The summed E-state index contributed by atoms with van der Waals surface area (Å²) in [5, 5.41) is 3.21. The zero-order valence-electron chi connectivity index (χ0n) is 11.4. The number of anilines is 1. The first kappa shape index (κ1) is 13.6. The number of likely N-dealkylation sites (N-methyl/N-ethyl adjacent to an activating group) is 1. The van der Waals surface area contributed by atoms with E-state index in [2.05, 4.69) is 32.2 Å². The molecule has 1 aromatic carbocycles. The van der Waals surface area contributed by atoms with Gasteiger partial charge in [0.2, 0.25) is 5.91 Å². The molecule has 17 heavy (non-hydrogen) atoms. The highest BCUT2D eigenvalue weighted by atomic mass is 16.2. The third-order valence-electron chi connectivity index (χ3n) is 2.66. The van der Waals surface area contributed by atoms with Gasteiger partial charge in [0.1, 0.15) is 0 Å². The van der Waals surface area contributed by atoms with Crippen LogP contribution in [0.25, 0.3) is 0 Å². The third kappa shape index (κ3) is 3.77. The van der Waals surface area contributed by atoms with E-state index < -0.39 is 0 Å². The quantitative estimate of drug-likeness (QED) is 0.871. The van der Waals surface area contributed by atoms with Gasteiger partial charge < -0.3 is 10.2 Å². The Kier molecular flexibility index (Phi) is 4.16. The van der Waals surface area contributed by atoms with Gasteiger partial charge in [0.05, 0.1) is 6.54 Å². The Morgan fingerprint density at radius 2 is 1.82 bits per heavy atom. The molecule has 94 valence electrons. The molecule has 0 saturated heterocycles. The van der Waals surface area contributed by atoms with E-state index in [0.29, 0.717) is 6.54 Å². The van der Waals surface area contributed by atoms with Gasteiger partial charge in [-0.05, 0) is 17.0 Å². The van der Waals surface area contributed by atoms with Crippen molar-refractivity contribution in [2.45, 2.75) is 26.2 Å². The smallest absolute Gasteiger partial charge is 0.241 e. The summed E-state index contributed by atoms with van der Waals surface area (Å²) in [4.78, 5) is 13.1. The number of hydrogen-bond donors (Lipinski definition) is 1. The van der Waals surface area contributed by atoms with Crippen molar-refractivity contribution in [1.29, 1.82) is 0 Å². The molecule has 0 unspecified atom stereocenters. The lowest BCUT2D eigenvalue weighted by atomic mass is 9.86. The molecule has 1 rings (SSSR count). The zero-order chi connectivity index (χ0) is 13.1. The second-order valence-corrected chi connectivity index (χ2v) is 5.44. The maximum atomic E-state index is 11.5. The summed E-state index contributed by atoms with van der Waals surface area (Å²) in [7, 11) is 3.53. The van der Waals surface area contributed by atoms with Crippen molar-refractivity contribution in [2.75, 3.05) is 26.0 Å². The molecule has 1 amide bonds. The molecule has 0 atom stereocenters. The van der Waals surface area contributed by atoms with Gasteiger partial charge in [-0.1, -0.05) is 39.0 Å². The van der Waals surface area contributed by atoms with E-state index in [0.717, 1.165) is 5.69 Å². The van der Waals surface area contributed by atoms with Crippen LogP contribution >= 0.6 is 0 Å². The molecule has 0 radical (unpaired) electrons. The number of carbonyl (C=O) groups is 1. The first-order valence-electron chi connectivity index (χ1n) is 5.86. The SMILES string of the molecule is CN(C)C(=O)CNc1ccccc1C(C)(C)C. The number of benzene rings is 1. The molecular formula is C14H22N2O. The summed E-state index contributed by atoms with van der Waals surface area (Å²) in [5.41, 5.74) is 2.34. The monoisotopic (exact) mass is 234 g/mol. The molecule has 0 fully saturated rings. The van der Waals surface area contributed by atoms with Crippen LogP contribution in [0.5, 0.6) is 0 Å². The molecule has 1 N–H and O–H groups in total. The van der Waals surface area contributed by atoms with Crippen LogP contribution in [-0.4, -0.2) is 31.4 Å². The number of para-hydroxylation sites is 1. The van der Waals surface area contributed by atoms with E-state index in [1.165, 1.54) is 5.56 Å². The largest absolute Gasteiger partial charge is 0.376 e. The van der Waals surface area contributed by atoms with Crippen molar-refractivity contribution in [1.82, 2.24) is 4.90 Å². The van der Waals surface area contributed by atoms with E-state index in [9.17, 15) is 4.79 Å². The van der Waals surface area contributed by atoms with E-state index in [-0.39, 0.29) is 11.3 Å². The Balaban J connectivity index is 2.82. The number of amides is 1. The molecule has 0 aromatic heterocycles. The van der Waals surface area contributed by atoms with Gasteiger partial charge >= 0.3 is 0 Å². The summed E-state index contributed by atoms with van der Waals surface area (Å²) < 4.78 is 0. The fourth-order valence-electron chi connectivity index (χ4n) is 1.62. The second-order valence-electron chi connectivity index (χ2n) is 5.44. The summed E-state index contributed by atoms with van der Waals surface area (Å²) >= 11 is 0. The van der Waals surface area contributed by atoms with Crippen LogP contribution < -0.4 is 5.32 Å². The minimum absolute atomic E-state index is 0.0742. The van der Waals surface area contributed by atoms with Crippen molar-refractivity contribution >= 4 is 11.6 Å². The van der Waals surface area contributed by atoms with E-state index in [4.69, 9.17) is 0 Å². The molecule has 0 heterocycles. The Morgan fingerprint density at radius 1 is 1.24 bits per heavy atom. The number of nitrogens with zero attached hydrogens (tertiary/aromatic N) is 1. The zero-order valence-corrected chi connectivity index (χ0v) is 11.4. The third-order valence-corrected chi connectivity index (χ3v) is 2.66. The molecule has 0 bridgehead atoms. The van der Waals surface area contributed by atoms with Crippen molar-refractivity contribution < 1.29 is 4.79 Å². The average molecular weight is 234 g/mol. The summed E-state index contributed by atoms with van der Waals surface area (Å²) in [6.07, 6.45) is 0. The van der Waals surface area contributed by atoms with Gasteiger partial charge in [-0.2, -0.15) is 0 Å². The fraction of sp³-hybridized carbons (Fsp3) is 0.500. The normalized spacial score (nSPS) is 11.1. The van der Waals surface area contributed by atoms with Gasteiger partial charge in [0.15, 0.2) is 0 Å². The minimum Gasteiger partial charge on any atom is -0.376 e. The predicted molar refractivity (Wildman–Crippen MR) is 72.3 cm³/mol. The fourth-order valence-corrected chi connectivity index (χ4v) is 1.62. The molecule has 1 aromatic rings. The van der Waals surface area contributed by atoms with Gasteiger partial charge in [-0.3, -0.25) is 4.79 Å². The van der Waals surface area contributed by atoms with Crippen molar-refractivity contribution in [2.24, 2.45) is 0 Å². The molecule has 0 saturated carbocycles. The molecule has 0 aliphatic rings. The minimum atomic E-state index is 0.0742. The van der Waals surface area contributed by atoms with Crippen LogP contribution in [0, 0.1) is 0 Å². The summed E-state index contributed by atoms with van der Waals surface area (Å²) in [5.74, 6) is 0.0775. The Labute approximate surface area is 104 Å². The molecule has 3 nitrogen and oxygen atoms in total. The maximum Gasteiger partial charge on any atom is 0.241 e. The topological polar surface area (TPSA) is 32.3 Å². The van der Waals surface area contributed by atoms with Crippen molar-refractivity contribution in [3.8, 4) is 0 Å². The first-order chi connectivity index (χ1) is 7.82. The number of carbonyl (C=O) groups excluding carboxylic acids is 1. The standard InChI is InChI=1S/C14H22N2O/c1-14(2,3)11-8-6-7-9-12(11)15-10-13(17)16(4)5/h6-9,15H,10H2,1-5H3. The molecular weight excluding hydrogens is 212 g/mol. The Hall–Kier alpha value is -1.51. The van der Waals surface area contributed by atoms with Crippen LogP contribution in [0.3, 0.4) is 0 Å². The van der Waals surface area contributed by atoms with Crippen LogP contribution in [-0.2, 0) is 10.2 Å². The maximum absolute atomic E-state index is 11.5. The first-order valence-corrected chi connectivity index (χ1v) is 5.86. The summed E-state index contributed by atoms with van der Waals surface area (Å²) in [6.45, 7) is 6.84. The lowest BCUT2D eigenvalue weighted by Gasteiger charge is -2.23. The van der Waals surface area contributed by atoms with Crippen LogP contribution in [0.4, 0.5) is 5.69 Å². The highest BCUT2D eigenvalue weighted by Gasteiger charge is 2.17. The van der Waals surface area contributed by atoms with E-state index >= 15 is 0 Å². The lowest BCUT2D eigenvalue weighted by molar-refractivity contribution is -0.126. The average Bonchev–Trinajstić information content (AvgIpc) is 2.24. The number of hydrogen-bond acceptors (Lipinski definition) is 2. The predicted octanol–water partition coefficient (Wildman–Crippen LogP) is 2.48. The second kappa shape index (κ2) is 5.21. The number of nitrogens with one attached hydrogen (secondary N) is 1. The van der Waals surface area contributed by atoms with Gasteiger partial charge in [0, 0.05) is 19.8 Å². The Bertz CT molecular complexity index is 391. The lowest BCUT2D eigenvalue weighted by Crippen LogP contribution is -2.29. The molecule has 0 spiro atoms. The van der Waals surface area contributed by atoms with Gasteiger partial charge in [-0.15, -0.1) is 0 Å². The summed E-state index contributed by atoms with van der Waals surface area (Å²) in [6, 6.07) is 8.13. The van der Waals surface area contributed by atoms with E-state index in [1.807, 2.05) is 18.2 Å². The molecule has 3 heteroatoms. The number of rotatable bonds is 3.